The van der Waals surface area contributed by atoms with Crippen molar-refractivity contribution >= 4 is 40.2 Å². The van der Waals surface area contributed by atoms with E-state index in [1.807, 2.05) is 60.7 Å². The van der Waals surface area contributed by atoms with Crippen molar-refractivity contribution in [2.45, 2.75) is 19.6 Å². The summed E-state index contributed by atoms with van der Waals surface area (Å²) < 4.78 is 10.7. The number of amides is 1. The van der Waals surface area contributed by atoms with Gasteiger partial charge in [0.25, 0.3) is 5.91 Å². The Morgan fingerprint density at radius 1 is 1.00 bits per heavy atom. The third-order valence-corrected chi connectivity index (χ3v) is 7.64. The van der Waals surface area contributed by atoms with E-state index in [4.69, 9.17) is 9.47 Å². The number of hydrogen-bond acceptors (Lipinski definition) is 8. The lowest BCUT2D eigenvalue weighted by Gasteiger charge is -2.24. The summed E-state index contributed by atoms with van der Waals surface area (Å²) in [5.41, 5.74) is 2.63. The van der Waals surface area contributed by atoms with Crippen molar-refractivity contribution in [1.29, 1.82) is 0 Å². The average molecular weight is 567 g/mol. The minimum Gasteiger partial charge on any atom is -0.503 e. The van der Waals surface area contributed by atoms with E-state index in [0.29, 0.717) is 23.6 Å². The van der Waals surface area contributed by atoms with Crippen LogP contribution in [0.2, 0.25) is 0 Å². The lowest BCUT2D eigenvalue weighted by atomic mass is 9.95. The summed E-state index contributed by atoms with van der Waals surface area (Å²) in [6.07, 6.45) is 2.95. The molecule has 1 unspecified atom stereocenters. The first-order valence-corrected chi connectivity index (χ1v) is 13.6. The number of benzene rings is 3. The molecule has 1 aliphatic rings. The normalized spacial score (nSPS) is 15.0. The minimum atomic E-state index is -0.991. The molecule has 0 spiro atoms. The summed E-state index contributed by atoms with van der Waals surface area (Å²) in [5, 5.41) is 11.1. The van der Waals surface area contributed by atoms with E-state index >= 15 is 0 Å². The summed E-state index contributed by atoms with van der Waals surface area (Å²) in [6, 6.07) is 24.9. The molecule has 0 radical (unpaired) electrons. The summed E-state index contributed by atoms with van der Waals surface area (Å²) in [5.74, 6) is -1.99. The molecule has 1 aromatic heterocycles. The van der Waals surface area contributed by atoms with Gasteiger partial charge in [0, 0.05) is 0 Å². The standard InChI is InChI=1S/C32H26N2O6S/c1-20-29(31(38)39-2)41-32(33-20)34-27(23-14-16-24(17-15-23)40-19-22-11-7-4-8-12-22)26(28(36)30(34)37)25(35)18-13-21-9-5-3-6-10-21/h3-18,27,36H,19H2,1-2H3. The van der Waals surface area contributed by atoms with Crippen LogP contribution in [0.25, 0.3) is 6.08 Å². The monoisotopic (exact) mass is 566 g/mol. The lowest BCUT2D eigenvalue weighted by Crippen LogP contribution is -2.30. The van der Waals surface area contributed by atoms with Gasteiger partial charge in [-0.3, -0.25) is 14.5 Å². The molecular weight excluding hydrogens is 540 g/mol. The van der Waals surface area contributed by atoms with Crippen molar-refractivity contribution in [3.05, 3.63) is 130 Å². The van der Waals surface area contributed by atoms with E-state index in [-0.39, 0.29) is 15.6 Å². The van der Waals surface area contributed by atoms with Gasteiger partial charge in [0.1, 0.15) is 17.2 Å². The maximum absolute atomic E-state index is 13.5. The van der Waals surface area contributed by atoms with E-state index in [1.165, 1.54) is 18.1 Å². The summed E-state index contributed by atoms with van der Waals surface area (Å²) in [4.78, 5) is 45.1. The Morgan fingerprint density at radius 2 is 1.66 bits per heavy atom. The van der Waals surface area contributed by atoms with Crippen molar-refractivity contribution in [3.63, 3.8) is 0 Å². The molecular formula is C32H26N2O6S. The number of anilines is 1. The van der Waals surface area contributed by atoms with Gasteiger partial charge in [0.2, 0.25) is 0 Å². The Labute approximate surface area is 240 Å². The molecule has 0 saturated heterocycles. The molecule has 3 aromatic carbocycles. The molecule has 0 fully saturated rings. The maximum Gasteiger partial charge on any atom is 0.350 e. The van der Waals surface area contributed by atoms with Crippen LogP contribution < -0.4 is 9.64 Å². The number of carbonyl (C=O) groups excluding carboxylic acids is 3. The third kappa shape index (κ3) is 5.80. The quantitative estimate of drug-likeness (QED) is 0.196. The van der Waals surface area contributed by atoms with Crippen molar-refractivity contribution < 1.29 is 29.0 Å². The fourth-order valence-electron chi connectivity index (χ4n) is 4.45. The minimum absolute atomic E-state index is 0.0902. The summed E-state index contributed by atoms with van der Waals surface area (Å²) in [6.45, 7) is 2.00. The fourth-order valence-corrected chi connectivity index (χ4v) is 5.46. The predicted octanol–water partition coefficient (Wildman–Crippen LogP) is 6.00. The number of nitrogens with zero attached hydrogens (tertiary/aromatic N) is 2. The van der Waals surface area contributed by atoms with E-state index in [1.54, 1.807) is 37.3 Å². The number of ether oxygens (including phenoxy) is 2. The Hall–Kier alpha value is -5.02. The van der Waals surface area contributed by atoms with Gasteiger partial charge in [-0.05, 0) is 41.8 Å². The van der Waals surface area contributed by atoms with Crippen LogP contribution in [0.15, 0.2) is 102 Å². The Morgan fingerprint density at radius 3 is 2.32 bits per heavy atom. The van der Waals surface area contributed by atoms with E-state index < -0.39 is 29.5 Å². The molecule has 4 aromatic rings. The molecule has 5 rings (SSSR count). The number of esters is 1. The van der Waals surface area contributed by atoms with Crippen LogP contribution in [0, 0.1) is 6.92 Å². The number of aliphatic hydroxyl groups excluding tert-OH is 1. The average Bonchev–Trinajstić information content (AvgIpc) is 3.51. The van der Waals surface area contributed by atoms with E-state index in [2.05, 4.69) is 4.98 Å². The zero-order chi connectivity index (χ0) is 28.9. The largest absolute Gasteiger partial charge is 0.503 e. The number of thiazole rings is 1. The van der Waals surface area contributed by atoms with Crippen molar-refractivity contribution in [2.24, 2.45) is 0 Å². The van der Waals surface area contributed by atoms with Gasteiger partial charge in [-0.25, -0.2) is 9.78 Å². The maximum atomic E-state index is 13.5. The molecule has 9 heteroatoms. The third-order valence-electron chi connectivity index (χ3n) is 6.51. The number of rotatable bonds is 9. The van der Waals surface area contributed by atoms with Crippen molar-refractivity contribution in [1.82, 2.24) is 4.98 Å². The number of aryl methyl sites for hydroxylation is 1. The highest BCUT2D eigenvalue weighted by molar-refractivity contribution is 7.17. The SMILES string of the molecule is COC(=O)c1sc(N2C(=O)C(O)=C(C(=O)C=Cc3ccccc3)C2c2ccc(OCc3ccccc3)cc2)nc1C. The van der Waals surface area contributed by atoms with Crippen LogP contribution in [-0.4, -0.2) is 34.9 Å². The first-order valence-electron chi connectivity index (χ1n) is 12.7. The molecule has 0 bridgehead atoms. The van der Waals surface area contributed by atoms with Gasteiger partial charge in [-0.15, -0.1) is 0 Å². The van der Waals surface area contributed by atoms with Gasteiger partial charge in [-0.1, -0.05) is 90.2 Å². The smallest absolute Gasteiger partial charge is 0.350 e. The summed E-state index contributed by atoms with van der Waals surface area (Å²) >= 11 is 0.954. The fraction of sp³-hybridized carbons (Fsp3) is 0.125. The van der Waals surface area contributed by atoms with Crippen LogP contribution in [0.4, 0.5) is 5.13 Å². The highest BCUT2D eigenvalue weighted by atomic mass is 32.1. The first-order chi connectivity index (χ1) is 19.9. The molecule has 41 heavy (non-hydrogen) atoms. The Bertz CT molecular complexity index is 1640. The van der Waals surface area contributed by atoms with Gasteiger partial charge in [0.15, 0.2) is 16.7 Å². The second-order valence-corrected chi connectivity index (χ2v) is 10.2. The number of aliphatic hydroxyl groups is 1. The molecule has 0 saturated carbocycles. The molecule has 2 heterocycles. The zero-order valence-electron chi connectivity index (χ0n) is 22.3. The number of ketones is 1. The number of methoxy groups -OCH3 is 1. The molecule has 206 valence electrons. The highest BCUT2D eigenvalue weighted by Crippen LogP contribution is 2.43. The van der Waals surface area contributed by atoms with Gasteiger partial charge >= 0.3 is 5.97 Å². The van der Waals surface area contributed by atoms with Crippen LogP contribution >= 0.6 is 11.3 Å². The number of aromatic nitrogens is 1. The van der Waals surface area contributed by atoms with Gasteiger partial charge in [0.05, 0.1) is 24.4 Å². The molecule has 1 aliphatic heterocycles. The summed E-state index contributed by atoms with van der Waals surface area (Å²) in [7, 11) is 1.26. The predicted molar refractivity (Wildman–Crippen MR) is 156 cm³/mol. The van der Waals surface area contributed by atoms with Gasteiger partial charge < -0.3 is 14.6 Å². The second kappa shape index (κ2) is 12.0. The Kier molecular flexibility index (Phi) is 8.07. The molecule has 1 N–H and O–H groups in total. The molecule has 8 nitrogen and oxygen atoms in total. The number of hydrogen-bond donors (Lipinski definition) is 1. The van der Waals surface area contributed by atoms with Gasteiger partial charge in [-0.2, -0.15) is 0 Å². The topological polar surface area (TPSA) is 106 Å². The zero-order valence-corrected chi connectivity index (χ0v) is 23.1. The van der Waals surface area contributed by atoms with Crippen LogP contribution in [0.1, 0.15) is 38.1 Å². The van der Waals surface area contributed by atoms with Crippen molar-refractivity contribution in [2.75, 3.05) is 12.0 Å². The van der Waals surface area contributed by atoms with E-state index in [9.17, 15) is 19.5 Å². The number of carbonyl (C=O) groups is 3. The Balaban J connectivity index is 1.50. The molecule has 1 atom stereocenters. The number of allylic oxidation sites excluding steroid dienone is 1. The molecule has 1 amide bonds. The first kappa shape index (κ1) is 27.5. The molecule has 0 aliphatic carbocycles. The highest BCUT2D eigenvalue weighted by Gasteiger charge is 2.45. The van der Waals surface area contributed by atoms with E-state index in [0.717, 1.165) is 22.5 Å². The van der Waals surface area contributed by atoms with Crippen LogP contribution in [0.5, 0.6) is 5.75 Å². The second-order valence-electron chi connectivity index (χ2n) is 9.19. The van der Waals surface area contributed by atoms with Crippen LogP contribution in [0.3, 0.4) is 0 Å². The van der Waals surface area contributed by atoms with Crippen molar-refractivity contribution in [3.8, 4) is 5.75 Å². The van der Waals surface area contributed by atoms with Crippen LogP contribution in [-0.2, 0) is 20.9 Å². The lowest BCUT2D eigenvalue weighted by molar-refractivity contribution is -0.117.